The number of halogens is 1. The Balaban J connectivity index is 1.27. The van der Waals surface area contributed by atoms with Crippen LogP contribution < -0.4 is 0 Å². The molecule has 3 fully saturated rings. The summed E-state index contributed by atoms with van der Waals surface area (Å²) in [5.74, 6) is 5.48. The maximum absolute atomic E-state index is 14.0. The molecular weight excluding hydrogens is 343 g/mol. The van der Waals surface area contributed by atoms with Gasteiger partial charge in [-0.15, -0.1) is 6.58 Å². The fourth-order valence-electron chi connectivity index (χ4n) is 6.85. The molecule has 0 spiro atoms. The standard InChI is InChI=1S/C27H39F/c1-3-4-5-20-7-9-25-17-24(15-14-23(25)16-20)21-10-12-22(13-11-21)26-8-6-19(2)27(28)18-26/h3,6,8,18,20-25H,1,4-5,7,9-17H2,2H3. The number of fused-ring (bicyclic) bond motifs is 1. The minimum atomic E-state index is -0.0263. The molecule has 0 bridgehead atoms. The van der Waals surface area contributed by atoms with Crippen LogP contribution in [0.1, 0.15) is 94.1 Å². The third-order valence-electron chi connectivity index (χ3n) is 8.65. The fraction of sp³-hybridized carbons (Fsp3) is 0.704. The van der Waals surface area contributed by atoms with Gasteiger partial charge in [-0.25, -0.2) is 4.39 Å². The van der Waals surface area contributed by atoms with Crippen LogP contribution in [0.5, 0.6) is 0 Å². The number of hydrogen-bond donors (Lipinski definition) is 0. The van der Waals surface area contributed by atoms with Crippen molar-refractivity contribution < 1.29 is 4.39 Å². The first-order chi connectivity index (χ1) is 13.6. The number of rotatable bonds is 5. The van der Waals surface area contributed by atoms with Gasteiger partial charge in [-0.05, 0) is 130 Å². The van der Waals surface area contributed by atoms with Crippen LogP contribution in [0.3, 0.4) is 0 Å². The average molecular weight is 383 g/mol. The monoisotopic (exact) mass is 382 g/mol. The molecule has 4 rings (SSSR count). The predicted octanol–water partition coefficient (Wildman–Crippen LogP) is 8.21. The van der Waals surface area contributed by atoms with Crippen LogP contribution in [0.25, 0.3) is 0 Å². The molecule has 1 aromatic carbocycles. The first-order valence-electron chi connectivity index (χ1n) is 12.0. The van der Waals surface area contributed by atoms with Gasteiger partial charge < -0.3 is 0 Å². The lowest BCUT2D eigenvalue weighted by atomic mass is 9.60. The van der Waals surface area contributed by atoms with Crippen molar-refractivity contribution in [1.29, 1.82) is 0 Å². The summed E-state index contributed by atoms with van der Waals surface area (Å²) in [6, 6.07) is 5.93. The Labute approximate surface area is 172 Å². The van der Waals surface area contributed by atoms with Crippen molar-refractivity contribution in [1.82, 2.24) is 0 Å². The van der Waals surface area contributed by atoms with Gasteiger partial charge in [0, 0.05) is 0 Å². The van der Waals surface area contributed by atoms with Crippen LogP contribution >= 0.6 is 0 Å². The third kappa shape index (κ3) is 4.55. The van der Waals surface area contributed by atoms with Crippen LogP contribution in [0.2, 0.25) is 0 Å². The van der Waals surface area contributed by atoms with Gasteiger partial charge in [0.15, 0.2) is 0 Å². The van der Waals surface area contributed by atoms with Gasteiger partial charge in [-0.3, -0.25) is 0 Å². The van der Waals surface area contributed by atoms with E-state index in [1.54, 1.807) is 6.07 Å². The zero-order valence-corrected chi connectivity index (χ0v) is 17.8. The zero-order valence-electron chi connectivity index (χ0n) is 17.8. The number of allylic oxidation sites excluding steroid dienone is 1. The summed E-state index contributed by atoms with van der Waals surface area (Å²) in [5.41, 5.74) is 2.01. The Morgan fingerprint density at radius 3 is 2.25 bits per heavy atom. The van der Waals surface area contributed by atoms with E-state index in [-0.39, 0.29) is 5.82 Å². The highest BCUT2D eigenvalue weighted by Gasteiger charge is 2.38. The molecule has 1 heteroatoms. The van der Waals surface area contributed by atoms with Crippen molar-refractivity contribution in [2.75, 3.05) is 0 Å². The lowest BCUT2D eigenvalue weighted by Crippen LogP contribution is -2.34. The van der Waals surface area contributed by atoms with E-state index >= 15 is 0 Å². The van der Waals surface area contributed by atoms with Crippen molar-refractivity contribution in [2.45, 2.75) is 89.9 Å². The molecule has 4 unspecified atom stereocenters. The smallest absolute Gasteiger partial charge is 0.126 e. The third-order valence-corrected chi connectivity index (χ3v) is 8.65. The van der Waals surface area contributed by atoms with E-state index in [2.05, 4.69) is 18.7 Å². The number of hydrogen-bond acceptors (Lipinski definition) is 0. The van der Waals surface area contributed by atoms with Crippen LogP contribution in [-0.2, 0) is 0 Å². The Hall–Kier alpha value is -1.11. The maximum atomic E-state index is 14.0. The molecule has 28 heavy (non-hydrogen) atoms. The molecule has 1 aromatic rings. The molecule has 3 aliphatic rings. The minimum Gasteiger partial charge on any atom is -0.207 e. The molecule has 0 nitrogen and oxygen atoms in total. The molecular formula is C27H39F. The molecule has 0 radical (unpaired) electrons. The van der Waals surface area contributed by atoms with Gasteiger partial charge in [-0.2, -0.15) is 0 Å². The fourth-order valence-corrected chi connectivity index (χ4v) is 6.85. The molecule has 3 saturated carbocycles. The summed E-state index contributed by atoms with van der Waals surface area (Å²) in [7, 11) is 0. The topological polar surface area (TPSA) is 0 Å². The highest BCUT2D eigenvalue weighted by atomic mass is 19.1. The number of aryl methyl sites for hydroxylation is 1. The second-order valence-corrected chi connectivity index (χ2v) is 10.3. The van der Waals surface area contributed by atoms with Gasteiger partial charge in [0.05, 0.1) is 0 Å². The van der Waals surface area contributed by atoms with Crippen molar-refractivity contribution in [3.63, 3.8) is 0 Å². The van der Waals surface area contributed by atoms with E-state index in [1.165, 1.54) is 82.6 Å². The summed E-state index contributed by atoms with van der Waals surface area (Å²) in [4.78, 5) is 0. The lowest BCUT2D eigenvalue weighted by Gasteiger charge is -2.45. The van der Waals surface area contributed by atoms with E-state index in [0.717, 1.165) is 35.2 Å². The first-order valence-corrected chi connectivity index (χ1v) is 12.0. The second kappa shape index (κ2) is 9.14. The van der Waals surface area contributed by atoms with Crippen molar-refractivity contribution in [3.8, 4) is 0 Å². The van der Waals surface area contributed by atoms with E-state index < -0.39 is 0 Å². The van der Waals surface area contributed by atoms with Gasteiger partial charge in [0.1, 0.15) is 5.82 Å². The van der Waals surface area contributed by atoms with Gasteiger partial charge in [0.25, 0.3) is 0 Å². The van der Waals surface area contributed by atoms with Crippen molar-refractivity contribution in [2.24, 2.45) is 29.6 Å². The molecule has 4 atom stereocenters. The Morgan fingerprint density at radius 2 is 1.54 bits per heavy atom. The normalized spacial score (nSPS) is 35.9. The molecule has 154 valence electrons. The molecule has 0 aliphatic heterocycles. The predicted molar refractivity (Wildman–Crippen MR) is 117 cm³/mol. The second-order valence-electron chi connectivity index (χ2n) is 10.3. The Bertz CT molecular complexity index is 654. The summed E-state index contributed by atoms with van der Waals surface area (Å²) < 4.78 is 14.0. The van der Waals surface area contributed by atoms with Crippen LogP contribution in [0.4, 0.5) is 4.39 Å². The average Bonchev–Trinajstić information content (AvgIpc) is 2.74. The van der Waals surface area contributed by atoms with Gasteiger partial charge >= 0.3 is 0 Å². The van der Waals surface area contributed by atoms with E-state index in [0.29, 0.717) is 5.92 Å². The highest BCUT2D eigenvalue weighted by molar-refractivity contribution is 5.26. The lowest BCUT2D eigenvalue weighted by molar-refractivity contribution is 0.0621. The zero-order chi connectivity index (χ0) is 19.5. The van der Waals surface area contributed by atoms with Crippen LogP contribution in [0, 0.1) is 42.3 Å². The van der Waals surface area contributed by atoms with Crippen molar-refractivity contribution in [3.05, 3.63) is 47.8 Å². The van der Waals surface area contributed by atoms with E-state index in [9.17, 15) is 4.39 Å². The first kappa shape index (κ1) is 20.2. The molecule has 0 heterocycles. The Morgan fingerprint density at radius 1 is 0.893 bits per heavy atom. The molecule has 3 aliphatic carbocycles. The Kier molecular flexibility index (Phi) is 6.59. The summed E-state index contributed by atoms with van der Waals surface area (Å²) in [5, 5.41) is 0. The summed E-state index contributed by atoms with van der Waals surface area (Å²) in [6.07, 6.45) is 18.9. The molecule has 0 aromatic heterocycles. The van der Waals surface area contributed by atoms with Crippen LogP contribution in [0.15, 0.2) is 30.9 Å². The van der Waals surface area contributed by atoms with Crippen LogP contribution in [-0.4, -0.2) is 0 Å². The maximum Gasteiger partial charge on any atom is 0.126 e. The largest absolute Gasteiger partial charge is 0.207 e. The SMILES string of the molecule is C=CCCC1CCC2CC(C3CCC(c4ccc(C)c(F)c4)CC3)CCC2C1. The van der Waals surface area contributed by atoms with Crippen molar-refractivity contribution >= 4 is 0 Å². The van der Waals surface area contributed by atoms with Gasteiger partial charge in [-0.1, -0.05) is 24.6 Å². The highest BCUT2D eigenvalue weighted by Crippen LogP contribution is 2.50. The number of benzene rings is 1. The van der Waals surface area contributed by atoms with E-state index in [1.807, 2.05) is 13.0 Å². The summed E-state index contributed by atoms with van der Waals surface area (Å²) >= 11 is 0. The van der Waals surface area contributed by atoms with E-state index in [4.69, 9.17) is 0 Å². The molecule has 0 saturated heterocycles. The molecule has 0 N–H and O–H groups in total. The molecule has 0 amide bonds. The van der Waals surface area contributed by atoms with Gasteiger partial charge in [0.2, 0.25) is 0 Å². The quantitative estimate of drug-likeness (QED) is 0.450. The minimum absolute atomic E-state index is 0.0263. The summed E-state index contributed by atoms with van der Waals surface area (Å²) in [6.45, 7) is 5.76.